The molecule has 1 saturated heterocycles. The van der Waals surface area contributed by atoms with Gasteiger partial charge in [0.05, 0.1) is 15.9 Å². The third-order valence-electron chi connectivity index (χ3n) is 3.24. The molecule has 102 valence electrons. The smallest absolute Gasteiger partial charge is 0.313 e. The highest BCUT2D eigenvalue weighted by molar-refractivity contribution is 6.30. The van der Waals surface area contributed by atoms with Crippen molar-refractivity contribution in [2.45, 2.75) is 6.92 Å². The molecule has 2 heterocycles. The second kappa shape index (κ2) is 5.00. The van der Waals surface area contributed by atoms with Crippen LogP contribution in [0.15, 0.2) is 12.3 Å². The molecule has 0 spiro atoms. The molecule has 1 N–H and O–H groups in total. The molecule has 2 atom stereocenters. The van der Waals surface area contributed by atoms with E-state index < -0.39 is 16.8 Å². The highest BCUT2D eigenvalue weighted by Gasteiger charge is 2.37. The summed E-state index contributed by atoms with van der Waals surface area (Å²) in [5, 5.41) is 20.2. The molecule has 1 aromatic rings. The number of hydrogen-bond donors (Lipinski definition) is 1. The van der Waals surface area contributed by atoms with E-state index in [2.05, 4.69) is 4.98 Å². The Balaban J connectivity index is 2.33. The Morgan fingerprint density at radius 2 is 2.32 bits per heavy atom. The van der Waals surface area contributed by atoms with E-state index in [1.165, 1.54) is 12.3 Å². The first kappa shape index (κ1) is 13.5. The number of pyridine rings is 1. The summed E-state index contributed by atoms with van der Waals surface area (Å²) in [7, 11) is 0. The van der Waals surface area contributed by atoms with Crippen LogP contribution in [0, 0.1) is 22.0 Å². The first-order valence-electron chi connectivity index (χ1n) is 5.68. The SMILES string of the molecule is CC1CN(c2ncc(Cl)cc2[N+](=O)[O-])CC1C(=O)O. The molecule has 2 unspecified atom stereocenters. The van der Waals surface area contributed by atoms with Crippen molar-refractivity contribution in [2.75, 3.05) is 18.0 Å². The molecule has 1 fully saturated rings. The molecule has 8 heteroatoms. The summed E-state index contributed by atoms with van der Waals surface area (Å²) in [6.07, 6.45) is 1.32. The maximum atomic E-state index is 11.1. The molecule has 0 bridgehead atoms. The van der Waals surface area contributed by atoms with Gasteiger partial charge >= 0.3 is 11.7 Å². The van der Waals surface area contributed by atoms with Gasteiger partial charge in [0.25, 0.3) is 0 Å². The first-order valence-corrected chi connectivity index (χ1v) is 6.05. The molecule has 1 aliphatic rings. The normalized spacial score (nSPS) is 22.5. The quantitative estimate of drug-likeness (QED) is 0.672. The molecule has 0 saturated carbocycles. The van der Waals surface area contributed by atoms with Crippen molar-refractivity contribution in [1.29, 1.82) is 0 Å². The lowest BCUT2D eigenvalue weighted by molar-refractivity contribution is -0.384. The van der Waals surface area contributed by atoms with Crippen LogP contribution in [-0.4, -0.2) is 34.1 Å². The minimum atomic E-state index is -0.897. The van der Waals surface area contributed by atoms with Gasteiger partial charge in [0.1, 0.15) is 0 Å². The average Bonchev–Trinajstić information content (AvgIpc) is 2.71. The molecule has 0 aromatic carbocycles. The lowest BCUT2D eigenvalue weighted by atomic mass is 9.99. The van der Waals surface area contributed by atoms with Gasteiger partial charge in [0.2, 0.25) is 5.82 Å². The van der Waals surface area contributed by atoms with Gasteiger partial charge in [-0.1, -0.05) is 18.5 Å². The number of aliphatic carboxylic acids is 1. The van der Waals surface area contributed by atoms with Gasteiger partial charge in [-0.2, -0.15) is 0 Å². The molecule has 0 aliphatic carbocycles. The van der Waals surface area contributed by atoms with Crippen molar-refractivity contribution in [1.82, 2.24) is 4.98 Å². The molecular weight excluding hydrogens is 274 g/mol. The summed E-state index contributed by atoms with van der Waals surface area (Å²) < 4.78 is 0. The van der Waals surface area contributed by atoms with Crippen LogP contribution in [-0.2, 0) is 4.79 Å². The van der Waals surface area contributed by atoms with E-state index in [4.69, 9.17) is 16.7 Å². The number of halogens is 1. The van der Waals surface area contributed by atoms with Gasteiger partial charge in [0, 0.05) is 25.4 Å². The zero-order chi connectivity index (χ0) is 14.2. The molecule has 19 heavy (non-hydrogen) atoms. The van der Waals surface area contributed by atoms with Crippen molar-refractivity contribution >= 4 is 29.1 Å². The van der Waals surface area contributed by atoms with Gasteiger partial charge in [0.15, 0.2) is 0 Å². The number of rotatable bonds is 3. The van der Waals surface area contributed by atoms with E-state index in [1.54, 1.807) is 11.8 Å². The molecule has 0 radical (unpaired) electrons. The van der Waals surface area contributed by atoms with Crippen molar-refractivity contribution in [3.63, 3.8) is 0 Å². The van der Waals surface area contributed by atoms with Crippen molar-refractivity contribution in [3.05, 3.63) is 27.4 Å². The molecule has 1 aliphatic heterocycles. The summed E-state index contributed by atoms with van der Waals surface area (Å²) in [6.45, 7) is 2.44. The average molecular weight is 286 g/mol. The second-order valence-electron chi connectivity index (χ2n) is 4.58. The Morgan fingerprint density at radius 1 is 1.63 bits per heavy atom. The first-order chi connectivity index (χ1) is 8.90. The maximum Gasteiger partial charge on any atom is 0.313 e. The minimum absolute atomic E-state index is 0.0883. The summed E-state index contributed by atoms with van der Waals surface area (Å²) in [4.78, 5) is 27.1. The largest absolute Gasteiger partial charge is 0.481 e. The van der Waals surface area contributed by atoms with Crippen LogP contribution in [0.3, 0.4) is 0 Å². The van der Waals surface area contributed by atoms with E-state index in [-0.39, 0.29) is 29.0 Å². The molecule has 0 amide bonds. The van der Waals surface area contributed by atoms with E-state index in [0.717, 1.165) is 0 Å². The van der Waals surface area contributed by atoms with Crippen LogP contribution in [0.2, 0.25) is 5.02 Å². The summed E-state index contributed by atoms with van der Waals surface area (Å²) >= 11 is 5.70. The highest BCUT2D eigenvalue weighted by Crippen LogP contribution is 2.33. The molecule has 1 aromatic heterocycles. The van der Waals surface area contributed by atoms with Crippen LogP contribution in [0.25, 0.3) is 0 Å². The number of aromatic nitrogens is 1. The van der Waals surface area contributed by atoms with Crippen LogP contribution in [0.1, 0.15) is 6.92 Å². The Morgan fingerprint density at radius 3 is 2.84 bits per heavy atom. The Hall–Kier alpha value is -1.89. The van der Waals surface area contributed by atoms with Crippen molar-refractivity contribution in [3.8, 4) is 0 Å². The Kier molecular flexibility index (Phi) is 3.57. The zero-order valence-corrected chi connectivity index (χ0v) is 10.9. The van der Waals surface area contributed by atoms with E-state index in [9.17, 15) is 14.9 Å². The number of anilines is 1. The van der Waals surface area contributed by atoms with Crippen LogP contribution in [0.4, 0.5) is 11.5 Å². The Bertz CT molecular complexity index is 537. The van der Waals surface area contributed by atoms with Gasteiger partial charge in [-0.15, -0.1) is 0 Å². The minimum Gasteiger partial charge on any atom is -0.481 e. The van der Waals surface area contributed by atoms with E-state index >= 15 is 0 Å². The highest BCUT2D eigenvalue weighted by atomic mass is 35.5. The van der Waals surface area contributed by atoms with Gasteiger partial charge < -0.3 is 10.0 Å². The number of hydrogen-bond acceptors (Lipinski definition) is 5. The standard InChI is InChI=1S/C11H12ClN3O4/c1-6-4-14(5-8(6)11(16)17)10-9(15(18)19)2-7(12)3-13-10/h2-3,6,8H,4-5H2,1H3,(H,16,17). The number of carboxylic acids is 1. The fourth-order valence-electron chi connectivity index (χ4n) is 2.26. The second-order valence-corrected chi connectivity index (χ2v) is 5.02. The van der Waals surface area contributed by atoms with Gasteiger partial charge in [-0.05, 0) is 5.92 Å². The number of carboxylic acid groups (broad SMARTS) is 1. The fraction of sp³-hybridized carbons (Fsp3) is 0.455. The van der Waals surface area contributed by atoms with Crippen LogP contribution in [0.5, 0.6) is 0 Å². The van der Waals surface area contributed by atoms with Gasteiger partial charge in [-0.25, -0.2) is 4.98 Å². The summed E-state index contributed by atoms with van der Waals surface area (Å²) in [5.41, 5.74) is -0.203. The molecule has 7 nitrogen and oxygen atoms in total. The maximum absolute atomic E-state index is 11.1. The number of carbonyl (C=O) groups is 1. The predicted molar refractivity (Wildman–Crippen MR) is 68.4 cm³/mol. The van der Waals surface area contributed by atoms with Crippen molar-refractivity contribution < 1.29 is 14.8 Å². The van der Waals surface area contributed by atoms with Crippen molar-refractivity contribution in [2.24, 2.45) is 11.8 Å². The topological polar surface area (TPSA) is 96.6 Å². The zero-order valence-electron chi connectivity index (χ0n) is 10.1. The lowest BCUT2D eigenvalue weighted by Gasteiger charge is -2.16. The van der Waals surface area contributed by atoms with E-state index in [1.807, 2.05) is 0 Å². The number of nitrogens with zero attached hydrogens (tertiary/aromatic N) is 3. The Labute approximate surface area is 114 Å². The number of nitro groups is 1. The fourth-order valence-corrected chi connectivity index (χ4v) is 2.41. The van der Waals surface area contributed by atoms with Gasteiger partial charge in [-0.3, -0.25) is 14.9 Å². The van der Waals surface area contributed by atoms with Crippen LogP contribution >= 0.6 is 11.6 Å². The summed E-state index contributed by atoms with van der Waals surface area (Å²) in [5.74, 6) is -1.36. The monoisotopic (exact) mass is 285 g/mol. The molecular formula is C11H12ClN3O4. The predicted octanol–water partition coefficient (Wildman–Crippen LogP) is 1.80. The third kappa shape index (κ3) is 2.60. The summed E-state index contributed by atoms with van der Waals surface area (Å²) in [6, 6.07) is 1.22. The van der Waals surface area contributed by atoms with E-state index in [0.29, 0.717) is 6.54 Å². The lowest BCUT2D eigenvalue weighted by Crippen LogP contribution is -2.24. The van der Waals surface area contributed by atoms with Crippen LogP contribution < -0.4 is 4.90 Å². The third-order valence-corrected chi connectivity index (χ3v) is 3.45. The molecule has 2 rings (SSSR count).